The lowest BCUT2D eigenvalue weighted by molar-refractivity contribution is -0.116. The Balaban J connectivity index is 3.33. The lowest BCUT2D eigenvalue weighted by Gasteiger charge is -1.90. The van der Waals surface area contributed by atoms with Crippen molar-refractivity contribution in [3.8, 4) is 0 Å². The van der Waals surface area contributed by atoms with E-state index >= 15 is 0 Å². The lowest BCUT2D eigenvalue weighted by atomic mass is 10.2. The highest BCUT2D eigenvalue weighted by Gasteiger charge is 1.87. The molecule has 0 rings (SSSR count). The largest absolute Gasteiger partial charge is 0.300 e. The van der Waals surface area contributed by atoms with E-state index in [2.05, 4.69) is 55.5 Å². The molecule has 0 amide bonds. The maximum Gasteiger partial charge on any atom is 0.130 e. The Morgan fingerprint density at radius 2 is 1.00 bits per heavy atom. The average molecular weight is 274 g/mol. The van der Waals surface area contributed by atoms with Gasteiger partial charge in [0.25, 0.3) is 0 Å². The first-order valence-electron chi connectivity index (χ1n) is 7.83. The van der Waals surface area contributed by atoms with Gasteiger partial charge in [0.2, 0.25) is 0 Å². The minimum Gasteiger partial charge on any atom is -0.300 e. The summed E-state index contributed by atoms with van der Waals surface area (Å²) < 4.78 is 0. The molecule has 0 aromatic carbocycles. The first-order valence-corrected chi connectivity index (χ1v) is 7.83. The van der Waals surface area contributed by atoms with Gasteiger partial charge < -0.3 is 4.79 Å². The van der Waals surface area contributed by atoms with E-state index in [-0.39, 0.29) is 5.78 Å². The quantitative estimate of drug-likeness (QED) is 0.318. The van der Waals surface area contributed by atoms with E-state index in [4.69, 9.17) is 0 Å². The number of hydrogen-bond donors (Lipinski definition) is 0. The predicted octanol–water partition coefficient (Wildman–Crippen LogP) is 5.94. The third-order valence-corrected chi connectivity index (χ3v) is 2.90. The van der Waals surface area contributed by atoms with Crippen LogP contribution in [0, 0.1) is 0 Å². The summed E-state index contributed by atoms with van der Waals surface area (Å²) in [6, 6.07) is 0. The fourth-order valence-electron chi connectivity index (χ4n) is 1.74. The van der Waals surface area contributed by atoms with Crippen LogP contribution in [0.1, 0.15) is 65.2 Å². The van der Waals surface area contributed by atoms with Crippen molar-refractivity contribution in [3.05, 3.63) is 48.6 Å². The van der Waals surface area contributed by atoms with Crippen molar-refractivity contribution in [2.24, 2.45) is 0 Å². The first-order chi connectivity index (χ1) is 9.77. The van der Waals surface area contributed by atoms with Crippen molar-refractivity contribution in [3.63, 3.8) is 0 Å². The summed E-state index contributed by atoms with van der Waals surface area (Å²) in [6.07, 6.45) is 26.0. The predicted molar refractivity (Wildman–Crippen MR) is 89.9 cm³/mol. The van der Waals surface area contributed by atoms with Crippen molar-refractivity contribution >= 4 is 5.78 Å². The Labute approximate surface area is 125 Å². The summed E-state index contributed by atoms with van der Waals surface area (Å²) >= 11 is 0. The summed E-state index contributed by atoms with van der Waals surface area (Å²) in [6.45, 7) is 3.71. The molecule has 0 atom stereocenters. The Morgan fingerprint density at radius 3 is 1.35 bits per heavy atom. The molecule has 0 spiro atoms. The molecular formula is C19H30O. The SMILES string of the molecule is CC=CCCC=CCCC=CCCC=CCCC(C)=O. The van der Waals surface area contributed by atoms with Gasteiger partial charge in [0.05, 0.1) is 0 Å². The van der Waals surface area contributed by atoms with Gasteiger partial charge in [0.15, 0.2) is 0 Å². The van der Waals surface area contributed by atoms with E-state index in [1.54, 1.807) is 6.92 Å². The third kappa shape index (κ3) is 16.6. The molecule has 0 saturated heterocycles. The number of Topliss-reactive ketones (excluding diaryl/α,β-unsaturated/α-hetero) is 1. The van der Waals surface area contributed by atoms with E-state index < -0.39 is 0 Å². The Bertz CT molecular complexity index is 332. The maximum absolute atomic E-state index is 10.7. The Morgan fingerprint density at radius 1 is 0.650 bits per heavy atom. The van der Waals surface area contributed by atoms with Crippen molar-refractivity contribution in [2.45, 2.75) is 65.2 Å². The maximum atomic E-state index is 10.7. The molecule has 1 heteroatoms. The van der Waals surface area contributed by atoms with E-state index in [0.717, 1.165) is 44.9 Å². The van der Waals surface area contributed by atoms with Crippen LogP contribution in [0.25, 0.3) is 0 Å². The second-order valence-corrected chi connectivity index (χ2v) is 4.96. The number of unbranched alkanes of at least 4 members (excludes halogenated alkanes) is 3. The zero-order valence-corrected chi connectivity index (χ0v) is 13.2. The van der Waals surface area contributed by atoms with Gasteiger partial charge in [-0.15, -0.1) is 0 Å². The molecule has 0 aliphatic carbocycles. The zero-order chi connectivity index (χ0) is 14.9. The second-order valence-electron chi connectivity index (χ2n) is 4.96. The molecule has 0 bridgehead atoms. The van der Waals surface area contributed by atoms with Gasteiger partial charge >= 0.3 is 0 Å². The standard InChI is InChI=1S/C19H30O/c1-3-4-5-6-7-8-9-10-11-12-13-14-15-16-17-18-19(2)20/h3-4,7-8,11-12,15-16H,5-6,9-10,13-14,17-18H2,1-2H3. The minimum atomic E-state index is 0.272. The smallest absolute Gasteiger partial charge is 0.130 e. The molecule has 20 heavy (non-hydrogen) atoms. The fourth-order valence-corrected chi connectivity index (χ4v) is 1.74. The van der Waals surface area contributed by atoms with Crippen molar-refractivity contribution < 1.29 is 4.79 Å². The van der Waals surface area contributed by atoms with Crippen molar-refractivity contribution in [1.82, 2.24) is 0 Å². The van der Waals surface area contributed by atoms with Crippen LogP contribution in [0.3, 0.4) is 0 Å². The van der Waals surface area contributed by atoms with Gasteiger partial charge in [0.1, 0.15) is 5.78 Å². The lowest BCUT2D eigenvalue weighted by Crippen LogP contribution is -1.86. The van der Waals surface area contributed by atoms with Gasteiger partial charge in [-0.3, -0.25) is 0 Å². The van der Waals surface area contributed by atoms with E-state index in [1.165, 1.54) is 0 Å². The molecular weight excluding hydrogens is 244 g/mol. The number of allylic oxidation sites excluding steroid dienone is 8. The Hall–Kier alpha value is -1.37. The molecule has 0 aliphatic rings. The number of ketones is 1. The number of carbonyl (C=O) groups is 1. The molecule has 0 aliphatic heterocycles. The molecule has 1 nitrogen and oxygen atoms in total. The van der Waals surface area contributed by atoms with Crippen LogP contribution < -0.4 is 0 Å². The van der Waals surface area contributed by atoms with E-state index in [9.17, 15) is 4.79 Å². The fraction of sp³-hybridized carbons (Fsp3) is 0.526. The molecule has 0 N–H and O–H groups in total. The highest BCUT2D eigenvalue weighted by molar-refractivity contribution is 5.75. The van der Waals surface area contributed by atoms with Gasteiger partial charge in [0, 0.05) is 6.42 Å². The van der Waals surface area contributed by atoms with Crippen LogP contribution >= 0.6 is 0 Å². The molecule has 0 radical (unpaired) electrons. The van der Waals surface area contributed by atoms with Crippen LogP contribution in [-0.2, 0) is 4.79 Å². The van der Waals surface area contributed by atoms with Crippen molar-refractivity contribution in [2.75, 3.05) is 0 Å². The molecule has 0 fully saturated rings. The van der Waals surface area contributed by atoms with Gasteiger partial charge in [-0.1, -0.05) is 48.6 Å². The highest BCUT2D eigenvalue weighted by atomic mass is 16.1. The molecule has 0 aromatic rings. The molecule has 112 valence electrons. The van der Waals surface area contributed by atoms with Crippen LogP contribution in [0.15, 0.2) is 48.6 Å². The molecule has 0 heterocycles. The third-order valence-electron chi connectivity index (χ3n) is 2.90. The van der Waals surface area contributed by atoms with E-state index in [1.807, 2.05) is 0 Å². The number of hydrogen-bond acceptors (Lipinski definition) is 1. The number of carbonyl (C=O) groups excluding carboxylic acids is 1. The Kier molecular flexibility index (Phi) is 14.6. The number of rotatable bonds is 12. The van der Waals surface area contributed by atoms with Crippen LogP contribution in [-0.4, -0.2) is 5.78 Å². The first kappa shape index (κ1) is 18.6. The summed E-state index contributed by atoms with van der Waals surface area (Å²) in [5, 5.41) is 0. The topological polar surface area (TPSA) is 17.1 Å². The summed E-state index contributed by atoms with van der Waals surface area (Å²) in [5.41, 5.74) is 0. The minimum absolute atomic E-state index is 0.272. The zero-order valence-electron chi connectivity index (χ0n) is 13.2. The normalized spacial score (nSPS) is 12.5. The second kappa shape index (κ2) is 15.7. The summed E-state index contributed by atoms with van der Waals surface area (Å²) in [7, 11) is 0. The average Bonchev–Trinajstić information content (AvgIpc) is 2.43. The molecule has 0 saturated carbocycles. The van der Waals surface area contributed by atoms with E-state index in [0.29, 0.717) is 6.42 Å². The van der Waals surface area contributed by atoms with Gasteiger partial charge in [-0.2, -0.15) is 0 Å². The highest BCUT2D eigenvalue weighted by Crippen LogP contribution is 2.01. The van der Waals surface area contributed by atoms with Crippen LogP contribution in [0.2, 0.25) is 0 Å². The van der Waals surface area contributed by atoms with Crippen molar-refractivity contribution in [1.29, 1.82) is 0 Å². The van der Waals surface area contributed by atoms with Gasteiger partial charge in [-0.25, -0.2) is 0 Å². The molecule has 0 unspecified atom stereocenters. The summed E-state index contributed by atoms with van der Waals surface area (Å²) in [4.78, 5) is 10.7. The monoisotopic (exact) mass is 274 g/mol. The summed E-state index contributed by atoms with van der Waals surface area (Å²) in [5.74, 6) is 0.272. The van der Waals surface area contributed by atoms with Crippen LogP contribution in [0.5, 0.6) is 0 Å². The van der Waals surface area contributed by atoms with Gasteiger partial charge in [-0.05, 0) is 58.8 Å². The molecule has 0 aromatic heterocycles. The van der Waals surface area contributed by atoms with Crippen LogP contribution in [0.4, 0.5) is 0 Å².